The highest BCUT2D eigenvalue weighted by Gasteiger charge is 2.37. The standard InChI is InChI=1S/C10H5F3N2O/c11-10(12,13)8-7(5-15)2-1-6(3-4-14)9(8)16/h1-2,16H,3H2. The number of nitrogens with zero attached hydrogens (tertiary/aromatic N) is 2. The smallest absolute Gasteiger partial charge is 0.421 e. The van der Waals surface area contributed by atoms with E-state index in [0.717, 1.165) is 12.1 Å². The Labute approximate surface area is 89.0 Å². The van der Waals surface area contributed by atoms with Gasteiger partial charge in [0, 0.05) is 5.56 Å². The predicted octanol–water partition coefficient (Wildman–Crippen LogP) is 2.35. The molecule has 1 rings (SSSR count). The molecule has 0 bridgehead atoms. The number of benzene rings is 1. The predicted molar refractivity (Wildman–Crippen MR) is 47.1 cm³/mol. The van der Waals surface area contributed by atoms with E-state index in [0.29, 0.717) is 0 Å². The van der Waals surface area contributed by atoms with Crippen LogP contribution in [0.15, 0.2) is 12.1 Å². The molecule has 0 aliphatic heterocycles. The Bertz CT molecular complexity index is 495. The van der Waals surface area contributed by atoms with Crippen molar-refractivity contribution in [2.75, 3.05) is 0 Å². The van der Waals surface area contributed by atoms with Crippen LogP contribution < -0.4 is 0 Å². The molecule has 0 atom stereocenters. The van der Waals surface area contributed by atoms with Crippen molar-refractivity contribution in [2.45, 2.75) is 12.6 Å². The van der Waals surface area contributed by atoms with Crippen LogP contribution in [0, 0.1) is 22.7 Å². The van der Waals surface area contributed by atoms with Gasteiger partial charge in [0.1, 0.15) is 11.3 Å². The van der Waals surface area contributed by atoms with Gasteiger partial charge in [-0.25, -0.2) is 0 Å². The fourth-order valence-corrected chi connectivity index (χ4v) is 1.24. The van der Waals surface area contributed by atoms with Gasteiger partial charge < -0.3 is 5.11 Å². The quantitative estimate of drug-likeness (QED) is 0.799. The zero-order valence-corrected chi connectivity index (χ0v) is 7.84. The van der Waals surface area contributed by atoms with Gasteiger partial charge in [0.05, 0.1) is 24.1 Å². The first-order chi connectivity index (χ1) is 7.41. The average molecular weight is 226 g/mol. The van der Waals surface area contributed by atoms with Gasteiger partial charge in [-0.3, -0.25) is 0 Å². The summed E-state index contributed by atoms with van der Waals surface area (Å²) in [5.41, 5.74) is -2.19. The lowest BCUT2D eigenvalue weighted by atomic mass is 10.0. The topological polar surface area (TPSA) is 67.8 Å². The summed E-state index contributed by atoms with van der Waals surface area (Å²) in [7, 11) is 0. The number of rotatable bonds is 1. The number of hydrogen-bond donors (Lipinski definition) is 1. The third kappa shape index (κ3) is 2.06. The molecule has 0 radical (unpaired) electrons. The van der Waals surface area contributed by atoms with Gasteiger partial charge in [0.25, 0.3) is 0 Å². The molecular weight excluding hydrogens is 221 g/mol. The highest BCUT2D eigenvalue weighted by atomic mass is 19.4. The van der Waals surface area contributed by atoms with E-state index in [1.807, 2.05) is 0 Å². The summed E-state index contributed by atoms with van der Waals surface area (Å²) in [6.45, 7) is 0. The summed E-state index contributed by atoms with van der Waals surface area (Å²) >= 11 is 0. The molecule has 0 saturated carbocycles. The molecule has 6 heteroatoms. The minimum atomic E-state index is -4.82. The summed E-state index contributed by atoms with van der Waals surface area (Å²) in [4.78, 5) is 0. The molecule has 1 aromatic carbocycles. The number of alkyl halides is 3. The molecule has 82 valence electrons. The Morgan fingerprint density at radius 1 is 1.25 bits per heavy atom. The molecule has 0 spiro atoms. The summed E-state index contributed by atoms with van der Waals surface area (Å²) in [6, 6.07) is 5.05. The molecule has 0 fully saturated rings. The van der Waals surface area contributed by atoms with Crippen molar-refractivity contribution >= 4 is 0 Å². The highest BCUT2D eigenvalue weighted by molar-refractivity contribution is 5.52. The van der Waals surface area contributed by atoms with Crippen molar-refractivity contribution in [3.63, 3.8) is 0 Å². The van der Waals surface area contributed by atoms with Crippen LogP contribution in [-0.4, -0.2) is 5.11 Å². The molecule has 1 aromatic rings. The zero-order valence-electron chi connectivity index (χ0n) is 7.84. The zero-order chi connectivity index (χ0) is 12.3. The second-order valence-electron chi connectivity index (χ2n) is 2.94. The Balaban J connectivity index is 3.50. The Kier molecular flexibility index (Phi) is 3.05. The van der Waals surface area contributed by atoms with E-state index >= 15 is 0 Å². The maximum Gasteiger partial charge on any atom is 0.421 e. The van der Waals surface area contributed by atoms with E-state index in [4.69, 9.17) is 10.5 Å². The third-order valence-electron chi connectivity index (χ3n) is 1.93. The largest absolute Gasteiger partial charge is 0.507 e. The molecule has 0 aromatic heterocycles. The van der Waals surface area contributed by atoms with Crippen molar-refractivity contribution in [1.29, 1.82) is 10.5 Å². The second kappa shape index (κ2) is 4.11. The van der Waals surface area contributed by atoms with E-state index < -0.39 is 23.1 Å². The first-order valence-corrected chi connectivity index (χ1v) is 4.11. The van der Waals surface area contributed by atoms with Crippen LogP contribution in [0.3, 0.4) is 0 Å². The Morgan fingerprint density at radius 3 is 2.31 bits per heavy atom. The summed E-state index contributed by atoms with van der Waals surface area (Å²) in [5, 5.41) is 26.2. The Hall–Kier alpha value is -2.21. The van der Waals surface area contributed by atoms with Gasteiger partial charge in [-0.1, -0.05) is 6.07 Å². The normalized spacial score (nSPS) is 10.6. The van der Waals surface area contributed by atoms with Crippen LogP contribution in [0.5, 0.6) is 5.75 Å². The molecule has 0 aliphatic rings. The van der Waals surface area contributed by atoms with Gasteiger partial charge in [-0.05, 0) is 6.07 Å². The lowest BCUT2D eigenvalue weighted by Crippen LogP contribution is -2.09. The van der Waals surface area contributed by atoms with Gasteiger partial charge in [-0.2, -0.15) is 23.7 Å². The van der Waals surface area contributed by atoms with E-state index in [-0.39, 0.29) is 12.0 Å². The van der Waals surface area contributed by atoms with E-state index in [1.165, 1.54) is 6.07 Å². The van der Waals surface area contributed by atoms with Crippen LogP contribution >= 0.6 is 0 Å². The highest BCUT2D eigenvalue weighted by Crippen LogP contribution is 2.39. The van der Waals surface area contributed by atoms with Crippen LogP contribution in [0.25, 0.3) is 0 Å². The number of phenolic OH excluding ortho intramolecular Hbond substituents is 1. The van der Waals surface area contributed by atoms with Gasteiger partial charge in [0.2, 0.25) is 0 Å². The molecule has 3 nitrogen and oxygen atoms in total. The molecule has 0 aliphatic carbocycles. The number of hydrogen-bond acceptors (Lipinski definition) is 3. The van der Waals surface area contributed by atoms with E-state index in [9.17, 15) is 18.3 Å². The molecule has 0 unspecified atom stereocenters. The monoisotopic (exact) mass is 226 g/mol. The first-order valence-electron chi connectivity index (χ1n) is 4.11. The fourth-order valence-electron chi connectivity index (χ4n) is 1.24. The van der Waals surface area contributed by atoms with Crippen molar-refractivity contribution in [2.24, 2.45) is 0 Å². The number of phenols is 1. The summed E-state index contributed by atoms with van der Waals surface area (Å²) < 4.78 is 37.6. The minimum absolute atomic E-state index is 0.145. The molecule has 0 amide bonds. The second-order valence-corrected chi connectivity index (χ2v) is 2.94. The first kappa shape index (κ1) is 11.9. The van der Waals surface area contributed by atoms with E-state index in [2.05, 4.69) is 0 Å². The summed E-state index contributed by atoms with van der Waals surface area (Å²) in [5.74, 6) is -1.05. The third-order valence-corrected chi connectivity index (χ3v) is 1.93. The van der Waals surface area contributed by atoms with Crippen LogP contribution in [0.2, 0.25) is 0 Å². The maximum absolute atomic E-state index is 12.5. The lowest BCUT2D eigenvalue weighted by Gasteiger charge is -2.12. The molecule has 0 heterocycles. The molecular formula is C10H5F3N2O. The van der Waals surface area contributed by atoms with Crippen molar-refractivity contribution < 1.29 is 18.3 Å². The van der Waals surface area contributed by atoms with Crippen molar-refractivity contribution in [1.82, 2.24) is 0 Å². The average Bonchev–Trinajstić information content (AvgIpc) is 2.19. The fraction of sp³-hybridized carbons (Fsp3) is 0.200. The van der Waals surface area contributed by atoms with Crippen molar-refractivity contribution in [3.8, 4) is 17.9 Å². The lowest BCUT2D eigenvalue weighted by molar-refractivity contribution is -0.139. The van der Waals surface area contributed by atoms with Gasteiger partial charge in [0.15, 0.2) is 0 Å². The van der Waals surface area contributed by atoms with Gasteiger partial charge >= 0.3 is 6.18 Å². The Morgan fingerprint density at radius 2 is 1.88 bits per heavy atom. The van der Waals surface area contributed by atoms with E-state index in [1.54, 1.807) is 6.07 Å². The number of nitriles is 2. The van der Waals surface area contributed by atoms with Crippen LogP contribution in [0.4, 0.5) is 13.2 Å². The van der Waals surface area contributed by atoms with Crippen LogP contribution in [0.1, 0.15) is 16.7 Å². The maximum atomic E-state index is 12.5. The number of halogens is 3. The van der Waals surface area contributed by atoms with Crippen LogP contribution in [-0.2, 0) is 12.6 Å². The molecule has 0 saturated heterocycles. The number of aromatic hydroxyl groups is 1. The molecule has 1 N–H and O–H groups in total. The minimum Gasteiger partial charge on any atom is -0.507 e. The van der Waals surface area contributed by atoms with Crippen molar-refractivity contribution in [3.05, 3.63) is 28.8 Å². The molecule has 16 heavy (non-hydrogen) atoms. The SMILES string of the molecule is N#CCc1ccc(C#N)c(C(F)(F)F)c1O. The summed E-state index contributed by atoms with van der Waals surface area (Å²) in [6.07, 6.45) is -5.17. The van der Waals surface area contributed by atoms with Gasteiger partial charge in [-0.15, -0.1) is 0 Å².